The molecule has 0 heterocycles. The molecule has 0 N–H and O–H groups in total. The molecule has 0 amide bonds. The third-order valence-electron chi connectivity index (χ3n) is 1.84. The molecule has 0 spiro atoms. The van der Waals surface area contributed by atoms with E-state index in [4.69, 9.17) is 9.47 Å². The third kappa shape index (κ3) is 2.20. The number of ether oxygens (including phenoxy) is 2. The predicted octanol–water partition coefficient (Wildman–Crippen LogP) is 2.08. The van der Waals surface area contributed by atoms with Crippen LogP contribution in [0.3, 0.4) is 0 Å². The van der Waals surface area contributed by atoms with Crippen molar-refractivity contribution in [3.8, 4) is 11.5 Å². The molecule has 0 saturated heterocycles. The molecule has 0 fully saturated rings. The fourth-order valence-electron chi connectivity index (χ4n) is 1.09. The fourth-order valence-corrected chi connectivity index (χ4v) is 1.26. The molecule has 0 aliphatic heterocycles. The van der Waals surface area contributed by atoms with Gasteiger partial charge >= 0.3 is 0 Å². The van der Waals surface area contributed by atoms with Crippen LogP contribution in [-0.2, 0) is 0 Å². The number of rotatable bonds is 4. The number of benzene rings is 1. The zero-order valence-electron chi connectivity index (χ0n) is 8.07. The van der Waals surface area contributed by atoms with E-state index in [1.807, 2.05) is 0 Å². The Balaban J connectivity index is 3.07. The van der Waals surface area contributed by atoms with Crippen molar-refractivity contribution in [1.82, 2.24) is 0 Å². The van der Waals surface area contributed by atoms with Crippen LogP contribution in [0.5, 0.6) is 11.5 Å². The van der Waals surface area contributed by atoms with Gasteiger partial charge in [0, 0.05) is 5.56 Å². The monoisotopic (exact) mass is 211 g/mol. The molecule has 0 aliphatic rings. The fraction of sp³-hybridized carbons (Fsp3) is 0.300. The number of methoxy groups -OCH3 is 2. The Bertz CT molecular complexity index is 336. The van der Waals surface area contributed by atoms with E-state index >= 15 is 0 Å². The minimum Gasteiger partial charge on any atom is -0.493 e. The molecule has 75 valence electrons. The Morgan fingerprint density at radius 3 is 2.43 bits per heavy atom. The van der Waals surface area contributed by atoms with Gasteiger partial charge in [-0.25, -0.2) is 0 Å². The quantitative estimate of drug-likeness (QED) is 0.715. The molecule has 1 aromatic carbocycles. The van der Waals surface area contributed by atoms with Crippen LogP contribution < -0.4 is 9.47 Å². The van der Waals surface area contributed by atoms with Crippen molar-refractivity contribution in [2.24, 2.45) is 0 Å². The third-order valence-corrected chi connectivity index (χ3v) is 2.10. The normalized spacial score (nSPS) is 9.64. The highest BCUT2D eigenvalue weighted by molar-refractivity contribution is 7.81. The molecule has 3 nitrogen and oxygen atoms in total. The van der Waals surface area contributed by atoms with E-state index in [1.54, 1.807) is 25.3 Å². The summed E-state index contributed by atoms with van der Waals surface area (Å²) in [5.41, 5.74) is 0.553. The van der Waals surface area contributed by atoms with Gasteiger partial charge in [0.25, 0.3) is 0 Å². The van der Waals surface area contributed by atoms with Crippen molar-refractivity contribution < 1.29 is 14.3 Å². The maximum absolute atomic E-state index is 11.3. The van der Waals surface area contributed by atoms with Gasteiger partial charge in [0.2, 0.25) is 0 Å². The second-order valence-electron chi connectivity index (χ2n) is 2.64. The summed E-state index contributed by atoms with van der Waals surface area (Å²) in [4.78, 5) is 11.3. The maximum Gasteiger partial charge on any atom is 0.173 e. The standard InChI is InChI=1S/C10H11O3S/c1-12-9-4-3-7(8(11)6-14)5-10(9)13-2/h3-5H,6H2,1-2H3. The van der Waals surface area contributed by atoms with Crippen molar-refractivity contribution in [2.75, 3.05) is 20.0 Å². The highest BCUT2D eigenvalue weighted by atomic mass is 32.1. The highest BCUT2D eigenvalue weighted by Crippen LogP contribution is 2.27. The molecule has 0 aromatic heterocycles. The van der Waals surface area contributed by atoms with Crippen LogP contribution in [0.4, 0.5) is 0 Å². The van der Waals surface area contributed by atoms with E-state index in [1.165, 1.54) is 7.11 Å². The molecule has 0 unspecified atom stereocenters. The lowest BCUT2D eigenvalue weighted by molar-refractivity contribution is 0.102. The predicted molar refractivity (Wildman–Crippen MR) is 56.3 cm³/mol. The second kappa shape index (κ2) is 4.91. The smallest absolute Gasteiger partial charge is 0.173 e. The topological polar surface area (TPSA) is 35.5 Å². The van der Waals surface area contributed by atoms with Crippen LogP contribution in [-0.4, -0.2) is 25.8 Å². The summed E-state index contributed by atoms with van der Waals surface area (Å²) in [7, 11) is 3.08. The summed E-state index contributed by atoms with van der Waals surface area (Å²) in [6.45, 7) is 0. The van der Waals surface area contributed by atoms with Gasteiger partial charge in [-0.05, 0) is 18.2 Å². The van der Waals surface area contributed by atoms with Crippen LogP contribution in [0.15, 0.2) is 18.2 Å². The molecule has 0 atom stereocenters. The summed E-state index contributed by atoms with van der Waals surface area (Å²) < 4.78 is 10.1. The lowest BCUT2D eigenvalue weighted by Gasteiger charge is -2.08. The van der Waals surface area contributed by atoms with E-state index in [9.17, 15) is 4.79 Å². The van der Waals surface area contributed by atoms with Crippen LogP contribution in [0.1, 0.15) is 10.4 Å². The molecule has 1 aromatic rings. The average Bonchev–Trinajstić information content (AvgIpc) is 2.26. The highest BCUT2D eigenvalue weighted by Gasteiger charge is 2.08. The molecular weight excluding hydrogens is 200 g/mol. The number of carbonyl (C=O) groups excluding carboxylic acids is 1. The molecule has 0 bridgehead atoms. The maximum atomic E-state index is 11.3. The zero-order chi connectivity index (χ0) is 10.6. The summed E-state index contributed by atoms with van der Waals surface area (Å²) in [6.07, 6.45) is 0. The van der Waals surface area contributed by atoms with Gasteiger partial charge in [0.15, 0.2) is 17.3 Å². The summed E-state index contributed by atoms with van der Waals surface area (Å²) in [5.74, 6) is 1.14. The second-order valence-corrected chi connectivity index (χ2v) is 2.93. The van der Waals surface area contributed by atoms with E-state index in [-0.39, 0.29) is 11.5 Å². The van der Waals surface area contributed by atoms with E-state index in [0.717, 1.165) is 0 Å². The SMILES string of the molecule is COc1ccc(C(=O)C[S])cc1OC. The van der Waals surface area contributed by atoms with Gasteiger partial charge in [-0.15, -0.1) is 0 Å². The van der Waals surface area contributed by atoms with Gasteiger partial charge in [-0.3, -0.25) is 4.79 Å². The Labute approximate surface area is 88.4 Å². The van der Waals surface area contributed by atoms with Crippen molar-refractivity contribution in [2.45, 2.75) is 0 Å². The van der Waals surface area contributed by atoms with Crippen molar-refractivity contribution in [1.29, 1.82) is 0 Å². The Morgan fingerprint density at radius 1 is 1.29 bits per heavy atom. The molecule has 0 saturated carbocycles. The van der Waals surface area contributed by atoms with Crippen LogP contribution in [0.25, 0.3) is 0 Å². The van der Waals surface area contributed by atoms with Gasteiger partial charge in [-0.2, -0.15) is 0 Å². The Hall–Kier alpha value is -1.16. The number of carbonyl (C=O) groups is 1. The van der Waals surface area contributed by atoms with Crippen molar-refractivity contribution in [3.05, 3.63) is 23.8 Å². The first kappa shape index (κ1) is 10.9. The average molecular weight is 211 g/mol. The Morgan fingerprint density at radius 2 is 1.93 bits per heavy atom. The minimum absolute atomic E-state index is 0.0789. The largest absolute Gasteiger partial charge is 0.493 e. The van der Waals surface area contributed by atoms with Crippen LogP contribution in [0, 0.1) is 0 Å². The molecule has 4 heteroatoms. The van der Waals surface area contributed by atoms with Gasteiger partial charge in [-0.1, -0.05) is 12.6 Å². The number of Topliss-reactive ketones (excluding diaryl/α,β-unsaturated/α-hetero) is 1. The number of ketones is 1. The molecule has 14 heavy (non-hydrogen) atoms. The zero-order valence-corrected chi connectivity index (χ0v) is 8.89. The number of hydrogen-bond donors (Lipinski definition) is 0. The van der Waals surface area contributed by atoms with Crippen molar-refractivity contribution >= 4 is 18.4 Å². The van der Waals surface area contributed by atoms with Gasteiger partial charge in [0.05, 0.1) is 20.0 Å². The first-order chi connectivity index (χ1) is 6.72. The molecule has 0 aliphatic carbocycles. The summed E-state index contributed by atoms with van der Waals surface area (Å²) in [5, 5.41) is 0. The molecular formula is C10H11O3S. The van der Waals surface area contributed by atoms with Crippen LogP contribution in [0.2, 0.25) is 0 Å². The van der Waals surface area contributed by atoms with Gasteiger partial charge in [0.1, 0.15) is 0 Å². The lowest BCUT2D eigenvalue weighted by atomic mass is 10.1. The van der Waals surface area contributed by atoms with Crippen molar-refractivity contribution in [3.63, 3.8) is 0 Å². The summed E-state index contributed by atoms with van der Waals surface area (Å²) >= 11 is 4.68. The first-order valence-electron chi connectivity index (χ1n) is 4.06. The van der Waals surface area contributed by atoms with Crippen LogP contribution >= 0.6 is 12.6 Å². The molecule has 1 radical (unpaired) electrons. The molecule has 1 rings (SSSR count). The minimum atomic E-state index is -0.0825. The van der Waals surface area contributed by atoms with E-state index < -0.39 is 0 Å². The van der Waals surface area contributed by atoms with E-state index in [2.05, 4.69) is 12.6 Å². The number of hydrogen-bond acceptors (Lipinski definition) is 3. The lowest BCUT2D eigenvalue weighted by Crippen LogP contribution is -2.01. The van der Waals surface area contributed by atoms with E-state index in [0.29, 0.717) is 17.1 Å². The summed E-state index contributed by atoms with van der Waals surface area (Å²) in [6, 6.07) is 5.00. The first-order valence-corrected chi connectivity index (χ1v) is 4.64. The van der Waals surface area contributed by atoms with Gasteiger partial charge < -0.3 is 9.47 Å². The Kier molecular flexibility index (Phi) is 3.83.